The third kappa shape index (κ3) is 2.80. The molecule has 0 spiro atoms. The monoisotopic (exact) mass is 283 g/mol. The molecule has 1 aromatic heterocycles. The van der Waals surface area contributed by atoms with Crippen LogP contribution < -0.4 is 5.73 Å². The van der Waals surface area contributed by atoms with Crippen molar-refractivity contribution in [3.05, 3.63) is 30.1 Å². The lowest BCUT2D eigenvalue weighted by Crippen LogP contribution is -2.50. The van der Waals surface area contributed by atoms with Crippen molar-refractivity contribution in [2.45, 2.75) is 31.1 Å². The van der Waals surface area contributed by atoms with Crippen LogP contribution in [0.2, 0.25) is 0 Å². The highest BCUT2D eigenvalue weighted by atomic mass is 19.3. The number of carbonyl (C=O) groups is 1. The average molecular weight is 283 g/mol. The van der Waals surface area contributed by atoms with Gasteiger partial charge in [-0.05, 0) is 18.6 Å². The molecule has 1 unspecified atom stereocenters. The van der Waals surface area contributed by atoms with Crippen LogP contribution in [0, 0.1) is 0 Å². The van der Waals surface area contributed by atoms with Gasteiger partial charge >= 0.3 is 0 Å². The molecule has 2 heterocycles. The summed E-state index contributed by atoms with van der Waals surface area (Å²) in [6.45, 7) is 1.96. The maximum Gasteiger partial charge on any atom is 0.261 e. The molecule has 0 radical (unpaired) electrons. The first-order valence-corrected chi connectivity index (χ1v) is 6.71. The molecule has 2 N–H and O–H groups in total. The molecule has 0 saturated carbocycles. The van der Waals surface area contributed by atoms with Gasteiger partial charge in [-0.25, -0.2) is 8.78 Å². The minimum Gasteiger partial charge on any atom is -0.369 e. The van der Waals surface area contributed by atoms with E-state index in [0.29, 0.717) is 12.1 Å². The van der Waals surface area contributed by atoms with Gasteiger partial charge in [0.25, 0.3) is 5.92 Å². The highest BCUT2D eigenvalue weighted by molar-refractivity contribution is 5.86. The summed E-state index contributed by atoms with van der Waals surface area (Å²) < 4.78 is 26.6. The number of carbonyl (C=O) groups excluding carboxylic acids is 1. The first-order chi connectivity index (χ1) is 9.39. The molecule has 1 amide bonds. The number of amides is 1. The van der Waals surface area contributed by atoms with Crippen molar-refractivity contribution in [3.8, 4) is 0 Å². The van der Waals surface area contributed by atoms with Crippen molar-refractivity contribution in [1.29, 1.82) is 0 Å². The minimum atomic E-state index is -2.68. The summed E-state index contributed by atoms with van der Waals surface area (Å²) >= 11 is 0. The summed E-state index contributed by atoms with van der Waals surface area (Å²) in [5.74, 6) is -3.20. The summed E-state index contributed by atoms with van der Waals surface area (Å²) in [4.78, 5) is 17.8. The number of halogens is 2. The van der Waals surface area contributed by atoms with Crippen LogP contribution in [0.3, 0.4) is 0 Å². The molecule has 4 nitrogen and oxygen atoms in total. The van der Waals surface area contributed by atoms with E-state index in [1.807, 2.05) is 6.92 Å². The summed E-state index contributed by atoms with van der Waals surface area (Å²) in [5, 5.41) is 0. The van der Waals surface area contributed by atoms with E-state index in [1.54, 1.807) is 29.3 Å². The first-order valence-electron chi connectivity index (χ1n) is 6.71. The number of primary amides is 1. The van der Waals surface area contributed by atoms with E-state index in [0.717, 1.165) is 0 Å². The summed E-state index contributed by atoms with van der Waals surface area (Å²) in [5.41, 5.74) is 5.10. The van der Waals surface area contributed by atoms with Crippen LogP contribution in [-0.4, -0.2) is 41.3 Å². The fourth-order valence-corrected chi connectivity index (χ4v) is 2.72. The van der Waals surface area contributed by atoms with Gasteiger partial charge in [-0.1, -0.05) is 13.0 Å². The van der Waals surface area contributed by atoms with E-state index < -0.39 is 17.2 Å². The van der Waals surface area contributed by atoms with Crippen molar-refractivity contribution in [1.82, 2.24) is 9.88 Å². The Kier molecular flexibility index (Phi) is 4.04. The second kappa shape index (κ2) is 5.44. The lowest BCUT2D eigenvalue weighted by Gasteiger charge is -2.33. The van der Waals surface area contributed by atoms with Gasteiger partial charge in [-0.3, -0.25) is 14.7 Å². The molecule has 1 aromatic rings. The van der Waals surface area contributed by atoms with Crippen molar-refractivity contribution >= 4 is 5.91 Å². The zero-order valence-electron chi connectivity index (χ0n) is 11.5. The molecule has 1 fully saturated rings. The van der Waals surface area contributed by atoms with E-state index in [1.165, 1.54) is 0 Å². The highest BCUT2D eigenvalue weighted by Crippen LogP contribution is 2.32. The van der Waals surface area contributed by atoms with Gasteiger partial charge in [-0.2, -0.15) is 0 Å². The Morgan fingerprint density at radius 3 is 2.75 bits per heavy atom. The lowest BCUT2D eigenvalue weighted by atomic mass is 9.80. The Hall–Kier alpha value is -1.56. The molecule has 0 aliphatic carbocycles. The van der Waals surface area contributed by atoms with Crippen LogP contribution in [0.1, 0.15) is 25.5 Å². The van der Waals surface area contributed by atoms with E-state index in [2.05, 4.69) is 4.98 Å². The maximum atomic E-state index is 13.3. The number of rotatable bonds is 5. The van der Waals surface area contributed by atoms with Crippen molar-refractivity contribution in [2.24, 2.45) is 5.73 Å². The second-order valence-corrected chi connectivity index (χ2v) is 5.33. The molecule has 1 atom stereocenters. The van der Waals surface area contributed by atoms with Crippen LogP contribution in [0.25, 0.3) is 0 Å². The fourth-order valence-electron chi connectivity index (χ4n) is 2.72. The van der Waals surface area contributed by atoms with Crippen molar-refractivity contribution in [2.75, 3.05) is 19.6 Å². The molecular formula is C14H19F2N3O. The van der Waals surface area contributed by atoms with Crippen molar-refractivity contribution < 1.29 is 13.6 Å². The van der Waals surface area contributed by atoms with Gasteiger partial charge in [0, 0.05) is 25.7 Å². The van der Waals surface area contributed by atoms with Gasteiger partial charge in [0.05, 0.1) is 12.2 Å². The summed E-state index contributed by atoms with van der Waals surface area (Å²) in [7, 11) is 0. The molecule has 0 aromatic carbocycles. The Morgan fingerprint density at radius 1 is 1.55 bits per heavy atom. The number of nitrogens with zero attached hydrogens (tertiary/aromatic N) is 2. The van der Waals surface area contributed by atoms with E-state index in [-0.39, 0.29) is 26.1 Å². The van der Waals surface area contributed by atoms with Crippen LogP contribution in [0.5, 0.6) is 0 Å². The average Bonchev–Trinajstić information content (AvgIpc) is 2.76. The second-order valence-electron chi connectivity index (χ2n) is 5.33. The van der Waals surface area contributed by atoms with E-state index in [9.17, 15) is 13.6 Å². The van der Waals surface area contributed by atoms with Crippen LogP contribution in [0.15, 0.2) is 24.4 Å². The largest absolute Gasteiger partial charge is 0.369 e. The number of hydrogen-bond acceptors (Lipinski definition) is 3. The lowest BCUT2D eigenvalue weighted by molar-refractivity contribution is -0.124. The zero-order valence-corrected chi connectivity index (χ0v) is 11.5. The van der Waals surface area contributed by atoms with E-state index >= 15 is 0 Å². The summed E-state index contributed by atoms with van der Waals surface area (Å²) in [6, 6.07) is 5.24. The highest BCUT2D eigenvalue weighted by Gasteiger charge is 2.45. The molecule has 1 saturated heterocycles. The molecule has 1 aliphatic rings. The van der Waals surface area contributed by atoms with Crippen LogP contribution in [0.4, 0.5) is 8.78 Å². The van der Waals surface area contributed by atoms with Crippen molar-refractivity contribution in [3.63, 3.8) is 0 Å². The van der Waals surface area contributed by atoms with E-state index in [4.69, 9.17) is 5.73 Å². The third-order valence-corrected chi connectivity index (χ3v) is 3.97. The number of likely N-dealkylation sites (tertiary alicyclic amines) is 1. The third-order valence-electron chi connectivity index (χ3n) is 3.97. The minimum absolute atomic E-state index is 0.173. The maximum absolute atomic E-state index is 13.3. The van der Waals surface area contributed by atoms with Gasteiger partial charge in [-0.15, -0.1) is 0 Å². The standard InChI is InChI=1S/C14H19F2N3O/c1-2-13(12(17)20,11-5-3-4-7-18-11)9-19-8-6-14(15,16)10-19/h3-5,7H,2,6,8-10H2,1H3,(H2,17,20). The van der Waals surface area contributed by atoms with Gasteiger partial charge in [0.15, 0.2) is 0 Å². The SMILES string of the molecule is CCC(CN1CCC(F)(F)C1)(C(N)=O)c1ccccn1. The van der Waals surface area contributed by atoms with Gasteiger partial charge < -0.3 is 5.73 Å². The number of aromatic nitrogens is 1. The molecule has 6 heteroatoms. The zero-order chi connectivity index (χ0) is 14.8. The molecule has 1 aliphatic heterocycles. The number of pyridine rings is 1. The Balaban J connectivity index is 2.27. The molecule has 20 heavy (non-hydrogen) atoms. The smallest absolute Gasteiger partial charge is 0.261 e. The molecular weight excluding hydrogens is 264 g/mol. The Bertz CT molecular complexity index is 481. The molecule has 110 valence electrons. The van der Waals surface area contributed by atoms with Gasteiger partial charge in [0.1, 0.15) is 5.41 Å². The molecule has 0 bridgehead atoms. The molecule has 2 rings (SSSR count). The number of hydrogen-bond donors (Lipinski definition) is 1. The Labute approximate surface area is 117 Å². The van der Waals surface area contributed by atoms with Gasteiger partial charge in [0.2, 0.25) is 5.91 Å². The predicted molar refractivity (Wildman–Crippen MR) is 71.4 cm³/mol. The van der Waals surface area contributed by atoms with Crippen LogP contribution >= 0.6 is 0 Å². The number of nitrogens with two attached hydrogens (primary N) is 1. The normalized spacial score (nSPS) is 21.6. The first kappa shape index (κ1) is 14.8. The topological polar surface area (TPSA) is 59.2 Å². The predicted octanol–water partition coefficient (Wildman–Crippen LogP) is 1.56. The quantitative estimate of drug-likeness (QED) is 0.892. The Morgan fingerprint density at radius 2 is 2.30 bits per heavy atom. The fraction of sp³-hybridized carbons (Fsp3) is 0.571. The van der Waals surface area contributed by atoms with Crippen LogP contribution in [-0.2, 0) is 10.2 Å². The number of alkyl halides is 2. The summed E-state index contributed by atoms with van der Waals surface area (Å²) in [6.07, 6.45) is 1.84.